The van der Waals surface area contributed by atoms with E-state index in [9.17, 15) is 5.21 Å². The molecule has 0 saturated carbocycles. The maximum Gasteiger partial charge on any atom is 0.237 e. The van der Waals surface area contributed by atoms with Crippen molar-refractivity contribution in [3.05, 3.63) is 41.3 Å². The zero-order valence-electron chi connectivity index (χ0n) is 8.01. The molecule has 2 rings (SSSR count). The van der Waals surface area contributed by atoms with E-state index < -0.39 is 0 Å². The minimum Gasteiger partial charge on any atom is -0.425 e. The summed E-state index contributed by atoms with van der Waals surface area (Å²) in [5, 5.41) is 9.55. The van der Waals surface area contributed by atoms with Gasteiger partial charge >= 0.3 is 0 Å². The van der Waals surface area contributed by atoms with Gasteiger partial charge in [0.15, 0.2) is 0 Å². The van der Waals surface area contributed by atoms with Crippen LogP contribution in [-0.4, -0.2) is 14.9 Å². The van der Waals surface area contributed by atoms with E-state index in [1.807, 2.05) is 31.2 Å². The summed E-state index contributed by atoms with van der Waals surface area (Å²) in [7, 11) is 0. The van der Waals surface area contributed by atoms with E-state index in [2.05, 4.69) is 4.98 Å². The highest BCUT2D eigenvalue weighted by Gasteiger charge is 2.07. The van der Waals surface area contributed by atoms with Gasteiger partial charge in [0.25, 0.3) is 0 Å². The lowest BCUT2D eigenvalue weighted by molar-refractivity contribution is 0.191. The van der Waals surface area contributed by atoms with Crippen molar-refractivity contribution >= 4 is 24.0 Å². The molecule has 1 heterocycles. The number of hydrogen-bond donors (Lipinski definition) is 1. The Balaban J connectivity index is 0.00000112. The van der Waals surface area contributed by atoms with Crippen LogP contribution in [0, 0.1) is 6.92 Å². The fourth-order valence-corrected chi connectivity index (χ4v) is 1.38. The molecule has 0 fully saturated rings. The third-order valence-electron chi connectivity index (χ3n) is 2.04. The van der Waals surface area contributed by atoms with Crippen LogP contribution in [0.15, 0.2) is 30.5 Å². The third kappa shape index (κ3) is 2.25. The van der Waals surface area contributed by atoms with Gasteiger partial charge in [-0.3, -0.25) is 0 Å². The maximum atomic E-state index is 9.48. The van der Waals surface area contributed by atoms with Crippen molar-refractivity contribution in [1.82, 2.24) is 9.71 Å². The normalized spacial score (nSPS) is 9.73. The molecule has 0 aliphatic heterocycles. The lowest BCUT2D eigenvalue weighted by atomic mass is 10.1. The number of imidazole rings is 1. The fraction of sp³-hybridized carbons (Fsp3) is 0.100. The molecule has 80 valence electrons. The molecule has 0 radical (unpaired) electrons. The molecular weight excluding hydrogens is 235 g/mol. The molecule has 0 atom stereocenters. The van der Waals surface area contributed by atoms with Crippen LogP contribution < -0.4 is 0 Å². The number of nitrogens with zero attached hydrogens (tertiary/aromatic N) is 2. The van der Waals surface area contributed by atoms with Crippen LogP contribution >= 0.6 is 24.0 Å². The molecule has 0 unspecified atom stereocenters. The number of hydrogen-bond acceptors (Lipinski definition) is 2. The first-order chi connectivity index (χ1) is 6.68. The topological polar surface area (TPSA) is 38.0 Å². The summed E-state index contributed by atoms with van der Waals surface area (Å²) < 4.78 is 0.867. The number of halogens is 2. The van der Waals surface area contributed by atoms with E-state index >= 15 is 0 Å². The molecule has 1 N–H and O–H groups in total. The van der Waals surface area contributed by atoms with Gasteiger partial charge < -0.3 is 5.21 Å². The molecule has 0 aliphatic rings. The van der Waals surface area contributed by atoms with E-state index in [4.69, 9.17) is 11.6 Å². The van der Waals surface area contributed by atoms with Gasteiger partial charge in [-0.1, -0.05) is 29.8 Å². The van der Waals surface area contributed by atoms with Gasteiger partial charge in [0.2, 0.25) is 5.28 Å². The second-order valence-electron chi connectivity index (χ2n) is 3.09. The Morgan fingerprint density at radius 1 is 1.27 bits per heavy atom. The van der Waals surface area contributed by atoms with Gasteiger partial charge in [0.1, 0.15) is 5.69 Å². The standard InChI is InChI=1S/C10H9ClN2O.ClH/c1-7-2-4-8(5-3-7)9-6-12-10(11)13(9)14;/h2-6,14H,1H3;1H. The lowest BCUT2D eigenvalue weighted by Gasteiger charge is -2.01. The molecule has 5 heteroatoms. The Kier molecular flexibility index (Phi) is 3.61. The van der Waals surface area contributed by atoms with Gasteiger partial charge in [-0.05, 0) is 18.5 Å². The zero-order valence-corrected chi connectivity index (χ0v) is 9.59. The van der Waals surface area contributed by atoms with Crippen LogP contribution in [0.4, 0.5) is 0 Å². The number of benzene rings is 1. The molecule has 1 aromatic carbocycles. The van der Waals surface area contributed by atoms with Crippen LogP contribution in [0.25, 0.3) is 11.3 Å². The predicted octanol–water partition coefficient (Wildman–Crippen LogP) is 3.17. The molecule has 0 spiro atoms. The minimum absolute atomic E-state index is 0. The first kappa shape index (κ1) is 11.9. The van der Waals surface area contributed by atoms with Crippen molar-refractivity contribution in [3.8, 4) is 11.3 Å². The van der Waals surface area contributed by atoms with E-state index in [-0.39, 0.29) is 17.7 Å². The van der Waals surface area contributed by atoms with Crippen molar-refractivity contribution in [2.75, 3.05) is 0 Å². The second kappa shape index (κ2) is 4.55. The summed E-state index contributed by atoms with van der Waals surface area (Å²) in [4.78, 5) is 3.79. The van der Waals surface area contributed by atoms with E-state index in [1.165, 1.54) is 11.8 Å². The quantitative estimate of drug-likeness (QED) is 0.783. The Hall–Kier alpha value is -1.19. The molecule has 3 nitrogen and oxygen atoms in total. The van der Waals surface area contributed by atoms with Gasteiger partial charge in [-0.25, -0.2) is 4.98 Å². The van der Waals surface area contributed by atoms with Gasteiger partial charge in [0.05, 0.1) is 6.20 Å². The Morgan fingerprint density at radius 2 is 1.87 bits per heavy atom. The summed E-state index contributed by atoms with van der Waals surface area (Å²) in [5.74, 6) is 0. The largest absolute Gasteiger partial charge is 0.425 e. The first-order valence-corrected chi connectivity index (χ1v) is 4.56. The van der Waals surface area contributed by atoms with Crippen LogP contribution in [0.3, 0.4) is 0 Å². The zero-order chi connectivity index (χ0) is 10.1. The van der Waals surface area contributed by atoms with Crippen molar-refractivity contribution in [2.24, 2.45) is 0 Å². The smallest absolute Gasteiger partial charge is 0.237 e. The van der Waals surface area contributed by atoms with Crippen LogP contribution in [0.2, 0.25) is 5.28 Å². The summed E-state index contributed by atoms with van der Waals surface area (Å²) in [5.41, 5.74) is 2.65. The Labute approximate surface area is 98.7 Å². The Bertz CT molecular complexity index is 451. The molecule has 0 saturated heterocycles. The molecule has 0 aliphatic carbocycles. The molecule has 2 aromatic rings. The fourth-order valence-electron chi connectivity index (χ4n) is 1.24. The van der Waals surface area contributed by atoms with Gasteiger partial charge in [-0.15, -0.1) is 12.4 Å². The molecular formula is C10H10Cl2N2O. The average Bonchev–Trinajstić information content (AvgIpc) is 2.50. The SMILES string of the molecule is Cc1ccc(-c2cnc(Cl)n2O)cc1.Cl. The summed E-state index contributed by atoms with van der Waals surface area (Å²) in [6.07, 6.45) is 1.53. The van der Waals surface area contributed by atoms with E-state index in [0.29, 0.717) is 5.69 Å². The highest BCUT2D eigenvalue weighted by atomic mass is 35.5. The third-order valence-corrected chi connectivity index (χ3v) is 2.30. The van der Waals surface area contributed by atoms with Crippen molar-refractivity contribution < 1.29 is 5.21 Å². The number of aromatic nitrogens is 2. The first-order valence-electron chi connectivity index (χ1n) is 4.18. The average molecular weight is 245 g/mol. The highest BCUT2D eigenvalue weighted by Crippen LogP contribution is 2.21. The van der Waals surface area contributed by atoms with Crippen molar-refractivity contribution in [3.63, 3.8) is 0 Å². The summed E-state index contributed by atoms with van der Waals surface area (Å²) >= 11 is 5.61. The van der Waals surface area contributed by atoms with Crippen molar-refractivity contribution in [1.29, 1.82) is 0 Å². The van der Waals surface area contributed by atoms with Gasteiger partial charge in [0, 0.05) is 5.56 Å². The molecule has 1 aromatic heterocycles. The molecule has 0 bridgehead atoms. The summed E-state index contributed by atoms with van der Waals surface area (Å²) in [6, 6.07) is 7.76. The molecule has 0 amide bonds. The lowest BCUT2D eigenvalue weighted by Crippen LogP contribution is -1.92. The maximum absolute atomic E-state index is 9.48. The second-order valence-corrected chi connectivity index (χ2v) is 3.43. The Morgan fingerprint density at radius 3 is 2.33 bits per heavy atom. The predicted molar refractivity (Wildman–Crippen MR) is 61.8 cm³/mol. The minimum atomic E-state index is 0. The molecule has 15 heavy (non-hydrogen) atoms. The number of aryl methyl sites for hydroxylation is 1. The van der Waals surface area contributed by atoms with Crippen molar-refractivity contribution in [2.45, 2.75) is 6.92 Å². The van der Waals surface area contributed by atoms with Crippen LogP contribution in [0.5, 0.6) is 0 Å². The highest BCUT2D eigenvalue weighted by molar-refractivity contribution is 6.28. The number of rotatable bonds is 1. The summed E-state index contributed by atoms with van der Waals surface area (Å²) in [6.45, 7) is 2.01. The van der Waals surface area contributed by atoms with Gasteiger partial charge in [-0.2, -0.15) is 4.73 Å². The van der Waals surface area contributed by atoms with E-state index in [1.54, 1.807) is 0 Å². The van der Waals surface area contributed by atoms with E-state index in [0.717, 1.165) is 10.3 Å². The van der Waals surface area contributed by atoms with Crippen LogP contribution in [-0.2, 0) is 0 Å². The van der Waals surface area contributed by atoms with Crippen LogP contribution in [0.1, 0.15) is 5.56 Å². The monoisotopic (exact) mass is 244 g/mol.